The van der Waals surface area contributed by atoms with Crippen LogP contribution in [0.25, 0.3) is 0 Å². The molecule has 7 heteroatoms. The molecule has 0 radical (unpaired) electrons. The average molecular weight is 384 g/mol. The molecule has 1 saturated carbocycles. The van der Waals surface area contributed by atoms with Crippen LogP contribution in [0.2, 0.25) is 0 Å². The summed E-state index contributed by atoms with van der Waals surface area (Å²) in [5, 5.41) is 6.44. The number of hydrogen-bond acceptors (Lipinski definition) is 4. The molecule has 0 aromatic heterocycles. The Balaban J connectivity index is 0.00000338. The summed E-state index contributed by atoms with van der Waals surface area (Å²) in [6.07, 6.45) is 8.11. The lowest BCUT2D eigenvalue weighted by atomic mass is 10.1. The third-order valence-corrected chi connectivity index (χ3v) is 4.47. The molecule has 2 amide bonds. The highest BCUT2D eigenvalue weighted by Gasteiger charge is 2.11. The van der Waals surface area contributed by atoms with Crippen LogP contribution < -0.4 is 21.1 Å². The number of hydrogen-bond donors (Lipinski definition) is 3. The summed E-state index contributed by atoms with van der Waals surface area (Å²) in [6.45, 7) is 1.76. The molecule has 0 bridgehead atoms. The Morgan fingerprint density at radius 2 is 1.69 bits per heavy atom. The number of nitrogens with one attached hydrogen (secondary N) is 2. The maximum Gasteiger partial charge on any atom is 0.248 e. The van der Waals surface area contributed by atoms with Gasteiger partial charge in [-0.25, -0.2) is 0 Å². The van der Waals surface area contributed by atoms with Gasteiger partial charge >= 0.3 is 0 Å². The van der Waals surface area contributed by atoms with E-state index in [9.17, 15) is 9.59 Å². The van der Waals surface area contributed by atoms with Gasteiger partial charge in [-0.05, 0) is 37.1 Å². The third kappa shape index (κ3) is 8.54. The molecule has 0 aliphatic heterocycles. The van der Waals surface area contributed by atoms with Crippen molar-refractivity contribution < 1.29 is 14.3 Å². The largest absolute Gasteiger partial charge is 0.493 e. The standard InChI is InChI=1S/C19H29N3O3.ClH/c20-19(24)15-7-9-17(10-8-15)25-14-11-18(23)22-13-12-21-16-5-3-1-2-4-6-16;/h7-10,16,21H,1-6,11-14H2,(H2,20,24)(H,22,23);1H. The van der Waals surface area contributed by atoms with Crippen LogP contribution in [-0.2, 0) is 4.79 Å². The van der Waals surface area contributed by atoms with E-state index in [-0.39, 0.29) is 18.3 Å². The molecular formula is C19H30ClN3O3. The van der Waals surface area contributed by atoms with Crippen molar-refractivity contribution in [1.82, 2.24) is 10.6 Å². The molecule has 1 aromatic carbocycles. The molecule has 0 spiro atoms. The highest BCUT2D eigenvalue weighted by molar-refractivity contribution is 5.92. The van der Waals surface area contributed by atoms with Crippen molar-refractivity contribution in [2.24, 2.45) is 5.73 Å². The van der Waals surface area contributed by atoms with Gasteiger partial charge in [-0.2, -0.15) is 0 Å². The zero-order valence-corrected chi connectivity index (χ0v) is 16.0. The average Bonchev–Trinajstić information content (AvgIpc) is 2.88. The topological polar surface area (TPSA) is 93.5 Å². The Morgan fingerprint density at radius 3 is 2.31 bits per heavy atom. The van der Waals surface area contributed by atoms with Crippen molar-refractivity contribution in [3.63, 3.8) is 0 Å². The highest BCUT2D eigenvalue weighted by atomic mass is 35.5. The Morgan fingerprint density at radius 1 is 1.04 bits per heavy atom. The maximum atomic E-state index is 11.8. The summed E-state index contributed by atoms with van der Waals surface area (Å²) in [5.41, 5.74) is 5.62. The van der Waals surface area contributed by atoms with Gasteiger partial charge in [0, 0.05) is 24.7 Å². The van der Waals surface area contributed by atoms with E-state index < -0.39 is 5.91 Å². The van der Waals surface area contributed by atoms with Gasteiger partial charge in [0.2, 0.25) is 11.8 Å². The molecule has 2 rings (SSSR count). The van der Waals surface area contributed by atoms with Crippen LogP contribution in [0.1, 0.15) is 55.3 Å². The number of halogens is 1. The van der Waals surface area contributed by atoms with E-state index in [1.807, 2.05) is 0 Å². The van der Waals surface area contributed by atoms with Crippen LogP contribution in [0.15, 0.2) is 24.3 Å². The maximum absolute atomic E-state index is 11.8. The number of nitrogens with two attached hydrogens (primary N) is 1. The minimum atomic E-state index is -0.469. The Bertz CT molecular complexity index is 543. The first-order valence-corrected chi connectivity index (χ1v) is 9.18. The summed E-state index contributed by atoms with van der Waals surface area (Å²) in [4.78, 5) is 22.8. The minimum Gasteiger partial charge on any atom is -0.493 e. The van der Waals surface area contributed by atoms with Crippen molar-refractivity contribution in [1.29, 1.82) is 0 Å². The molecule has 6 nitrogen and oxygen atoms in total. The number of amides is 2. The van der Waals surface area contributed by atoms with Gasteiger partial charge in [0.05, 0.1) is 13.0 Å². The zero-order valence-electron chi connectivity index (χ0n) is 15.2. The second kappa shape index (κ2) is 12.5. The summed E-state index contributed by atoms with van der Waals surface area (Å²) >= 11 is 0. The van der Waals surface area contributed by atoms with Crippen molar-refractivity contribution in [2.45, 2.75) is 51.0 Å². The predicted octanol–water partition coefficient (Wildman–Crippen LogP) is 2.40. The molecule has 1 fully saturated rings. The van der Waals surface area contributed by atoms with Crippen LogP contribution in [0.5, 0.6) is 5.75 Å². The Hall–Kier alpha value is -1.79. The fourth-order valence-corrected chi connectivity index (χ4v) is 3.03. The molecule has 0 saturated heterocycles. The quantitative estimate of drug-likeness (QED) is 0.451. The molecule has 0 unspecified atom stereocenters. The normalized spacial score (nSPS) is 14.8. The van der Waals surface area contributed by atoms with Crippen LogP contribution in [0.3, 0.4) is 0 Å². The highest BCUT2D eigenvalue weighted by Crippen LogP contribution is 2.16. The first kappa shape index (κ1) is 22.3. The summed E-state index contributed by atoms with van der Waals surface area (Å²) in [7, 11) is 0. The SMILES string of the molecule is Cl.NC(=O)c1ccc(OCCC(=O)NCCNC2CCCCCC2)cc1. The summed E-state index contributed by atoms with van der Waals surface area (Å²) in [6, 6.07) is 7.17. The van der Waals surface area contributed by atoms with Gasteiger partial charge in [-0.15, -0.1) is 12.4 Å². The fourth-order valence-electron chi connectivity index (χ4n) is 3.03. The van der Waals surface area contributed by atoms with Crippen molar-refractivity contribution in [3.05, 3.63) is 29.8 Å². The van der Waals surface area contributed by atoms with Gasteiger partial charge in [0.15, 0.2) is 0 Å². The molecule has 146 valence electrons. The first-order valence-electron chi connectivity index (χ1n) is 9.18. The van der Waals surface area contributed by atoms with Crippen LogP contribution in [0, 0.1) is 0 Å². The lowest BCUT2D eigenvalue weighted by Crippen LogP contribution is -2.37. The lowest BCUT2D eigenvalue weighted by Gasteiger charge is -2.16. The predicted molar refractivity (Wildman–Crippen MR) is 105 cm³/mol. The monoisotopic (exact) mass is 383 g/mol. The molecule has 0 atom stereocenters. The number of carbonyl (C=O) groups is 2. The van der Waals surface area contributed by atoms with Crippen molar-refractivity contribution in [3.8, 4) is 5.75 Å². The van der Waals surface area contributed by atoms with Crippen LogP contribution in [-0.4, -0.2) is 37.6 Å². The number of benzene rings is 1. The lowest BCUT2D eigenvalue weighted by molar-refractivity contribution is -0.121. The Kier molecular flexibility index (Phi) is 10.7. The summed E-state index contributed by atoms with van der Waals surface area (Å²) in [5.74, 6) is 0.132. The van der Waals surface area contributed by atoms with Crippen LogP contribution >= 0.6 is 12.4 Å². The van der Waals surface area contributed by atoms with E-state index in [0.29, 0.717) is 36.9 Å². The van der Waals surface area contributed by atoms with E-state index >= 15 is 0 Å². The van der Waals surface area contributed by atoms with Crippen molar-refractivity contribution >= 4 is 24.2 Å². The fraction of sp³-hybridized carbons (Fsp3) is 0.579. The van der Waals surface area contributed by atoms with Gasteiger partial charge in [0.1, 0.15) is 5.75 Å². The minimum absolute atomic E-state index is 0. The molecule has 1 aliphatic rings. The van der Waals surface area contributed by atoms with Gasteiger partial charge in [-0.3, -0.25) is 9.59 Å². The molecule has 4 N–H and O–H groups in total. The second-order valence-corrected chi connectivity index (χ2v) is 6.48. The van der Waals surface area contributed by atoms with E-state index in [2.05, 4.69) is 10.6 Å². The number of rotatable bonds is 9. The zero-order chi connectivity index (χ0) is 17.9. The van der Waals surface area contributed by atoms with E-state index in [1.165, 1.54) is 38.5 Å². The van der Waals surface area contributed by atoms with Crippen molar-refractivity contribution in [2.75, 3.05) is 19.7 Å². The number of carbonyl (C=O) groups excluding carboxylic acids is 2. The van der Waals surface area contributed by atoms with Crippen LogP contribution in [0.4, 0.5) is 0 Å². The first-order chi connectivity index (χ1) is 12.1. The van der Waals surface area contributed by atoms with E-state index in [1.54, 1.807) is 24.3 Å². The smallest absolute Gasteiger partial charge is 0.248 e. The van der Waals surface area contributed by atoms with E-state index in [0.717, 1.165) is 6.54 Å². The van der Waals surface area contributed by atoms with Gasteiger partial charge in [-0.1, -0.05) is 25.7 Å². The van der Waals surface area contributed by atoms with Gasteiger partial charge < -0.3 is 21.1 Å². The molecule has 26 heavy (non-hydrogen) atoms. The molecular weight excluding hydrogens is 354 g/mol. The second-order valence-electron chi connectivity index (χ2n) is 6.48. The number of primary amides is 1. The molecule has 0 heterocycles. The molecule has 1 aliphatic carbocycles. The van der Waals surface area contributed by atoms with E-state index in [4.69, 9.17) is 10.5 Å². The third-order valence-electron chi connectivity index (χ3n) is 4.47. The summed E-state index contributed by atoms with van der Waals surface area (Å²) < 4.78 is 5.50. The molecule has 1 aromatic rings. The number of ether oxygens (including phenoxy) is 1. The van der Waals surface area contributed by atoms with Gasteiger partial charge in [0.25, 0.3) is 0 Å². The Labute approximate surface area is 161 Å².